The van der Waals surface area contributed by atoms with Crippen molar-refractivity contribution in [2.75, 3.05) is 45.7 Å². The summed E-state index contributed by atoms with van der Waals surface area (Å²) in [6.45, 7) is 6.17. The van der Waals surface area contributed by atoms with Gasteiger partial charge >= 0.3 is 0 Å². The fourth-order valence-corrected chi connectivity index (χ4v) is 1.62. The Bertz CT molecular complexity index is 321. The van der Waals surface area contributed by atoms with E-state index in [1.807, 2.05) is 6.20 Å². The van der Waals surface area contributed by atoms with Crippen LogP contribution in [0, 0.1) is 0 Å². The van der Waals surface area contributed by atoms with E-state index in [0.717, 1.165) is 32.0 Å². The lowest BCUT2D eigenvalue weighted by Gasteiger charge is -2.20. The second-order valence-corrected chi connectivity index (χ2v) is 4.93. The Kier molecular flexibility index (Phi) is 6.68. The molecule has 0 fully saturated rings. The van der Waals surface area contributed by atoms with Crippen LogP contribution in [0.1, 0.15) is 18.9 Å². The molecule has 0 aliphatic rings. The molecule has 102 valence electrons. The van der Waals surface area contributed by atoms with Crippen LogP contribution in [0.2, 0.25) is 0 Å². The molecule has 1 rings (SSSR count). The third kappa shape index (κ3) is 5.47. The van der Waals surface area contributed by atoms with E-state index in [1.165, 1.54) is 12.0 Å². The molecule has 0 saturated heterocycles. The zero-order valence-corrected chi connectivity index (χ0v) is 12.1. The van der Waals surface area contributed by atoms with Gasteiger partial charge in [0.15, 0.2) is 0 Å². The molecular weight excluding hydrogens is 224 g/mol. The van der Waals surface area contributed by atoms with E-state index in [1.54, 1.807) is 0 Å². The Labute approximate surface area is 111 Å². The highest BCUT2D eigenvalue weighted by Crippen LogP contribution is 2.09. The topological polar surface area (TPSA) is 31.4 Å². The molecular formula is C14H26N4. The Hall–Kier alpha value is -1.13. The molecule has 0 atom stereocenters. The van der Waals surface area contributed by atoms with Gasteiger partial charge in [-0.25, -0.2) is 4.98 Å². The monoisotopic (exact) mass is 250 g/mol. The summed E-state index contributed by atoms with van der Waals surface area (Å²) in [5.41, 5.74) is 1.24. The number of rotatable bonds is 8. The second kappa shape index (κ2) is 8.06. The maximum Gasteiger partial charge on any atom is 0.128 e. The second-order valence-electron chi connectivity index (χ2n) is 4.93. The van der Waals surface area contributed by atoms with Crippen molar-refractivity contribution in [1.82, 2.24) is 15.2 Å². The van der Waals surface area contributed by atoms with Crippen LogP contribution in [0.3, 0.4) is 0 Å². The minimum absolute atomic E-state index is 0.905. The van der Waals surface area contributed by atoms with Gasteiger partial charge in [0.1, 0.15) is 5.82 Å². The molecule has 0 bridgehead atoms. The largest absolute Gasteiger partial charge is 0.358 e. The molecule has 1 aromatic heterocycles. The Balaban J connectivity index is 2.43. The summed E-state index contributed by atoms with van der Waals surface area (Å²) in [6, 6.07) is 4.25. The Morgan fingerprint density at radius 2 is 1.94 bits per heavy atom. The van der Waals surface area contributed by atoms with E-state index in [2.05, 4.69) is 60.3 Å². The first-order chi connectivity index (χ1) is 8.63. The van der Waals surface area contributed by atoms with Gasteiger partial charge in [-0.1, -0.05) is 13.0 Å². The number of aromatic nitrogens is 1. The molecule has 0 saturated carbocycles. The van der Waals surface area contributed by atoms with E-state index < -0.39 is 0 Å². The minimum atomic E-state index is 0.905. The number of hydrogen-bond donors (Lipinski definition) is 1. The summed E-state index contributed by atoms with van der Waals surface area (Å²) < 4.78 is 0. The van der Waals surface area contributed by atoms with Crippen molar-refractivity contribution in [3.63, 3.8) is 0 Å². The highest BCUT2D eigenvalue weighted by atomic mass is 15.2. The van der Waals surface area contributed by atoms with Crippen molar-refractivity contribution >= 4 is 5.82 Å². The lowest BCUT2D eigenvalue weighted by molar-refractivity contribution is 0.416. The van der Waals surface area contributed by atoms with E-state index in [0.29, 0.717) is 0 Å². The normalized spacial score (nSPS) is 10.9. The lowest BCUT2D eigenvalue weighted by atomic mass is 10.2. The average Bonchev–Trinajstić information content (AvgIpc) is 2.37. The standard InChI is InChI=1S/C14H26N4/c1-5-8-15-11-13-6-7-14(16-12-13)18(4)10-9-17(2)3/h6-7,12,15H,5,8-11H2,1-4H3. The first kappa shape index (κ1) is 14.9. The summed E-state index contributed by atoms with van der Waals surface area (Å²) in [4.78, 5) is 8.87. The van der Waals surface area contributed by atoms with Gasteiger partial charge in [0.05, 0.1) is 0 Å². The number of likely N-dealkylation sites (N-methyl/N-ethyl adjacent to an activating group) is 2. The highest BCUT2D eigenvalue weighted by Gasteiger charge is 2.02. The molecule has 4 heteroatoms. The number of anilines is 1. The fourth-order valence-electron chi connectivity index (χ4n) is 1.62. The third-order valence-corrected chi connectivity index (χ3v) is 2.84. The molecule has 0 radical (unpaired) electrons. The predicted octanol–water partition coefficient (Wildman–Crippen LogP) is 1.58. The van der Waals surface area contributed by atoms with Gasteiger partial charge in [-0.3, -0.25) is 0 Å². The van der Waals surface area contributed by atoms with Gasteiger partial charge in [0.2, 0.25) is 0 Å². The lowest BCUT2D eigenvalue weighted by Crippen LogP contribution is -2.29. The molecule has 1 N–H and O–H groups in total. The molecule has 1 aromatic rings. The van der Waals surface area contributed by atoms with Gasteiger partial charge in [-0.15, -0.1) is 0 Å². The van der Waals surface area contributed by atoms with Crippen LogP contribution in [0.4, 0.5) is 5.82 Å². The fraction of sp³-hybridized carbons (Fsp3) is 0.643. The van der Waals surface area contributed by atoms with Gasteiger partial charge in [-0.05, 0) is 38.7 Å². The number of hydrogen-bond acceptors (Lipinski definition) is 4. The van der Waals surface area contributed by atoms with Crippen LogP contribution in [0.5, 0.6) is 0 Å². The van der Waals surface area contributed by atoms with Crippen molar-refractivity contribution in [2.24, 2.45) is 0 Å². The SMILES string of the molecule is CCCNCc1ccc(N(C)CCN(C)C)nc1. The summed E-state index contributed by atoms with van der Waals surface area (Å²) in [5, 5.41) is 3.38. The Morgan fingerprint density at radius 3 is 2.50 bits per heavy atom. The molecule has 0 unspecified atom stereocenters. The van der Waals surface area contributed by atoms with E-state index in [4.69, 9.17) is 0 Å². The summed E-state index contributed by atoms with van der Waals surface area (Å²) >= 11 is 0. The molecule has 1 heterocycles. The highest BCUT2D eigenvalue weighted by molar-refractivity contribution is 5.38. The summed E-state index contributed by atoms with van der Waals surface area (Å²) in [6.07, 6.45) is 3.13. The molecule has 18 heavy (non-hydrogen) atoms. The third-order valence-electron chi connectivity index (χ3n) is 2.84. The molecule has 0 aromatic carbocycles. The predicted molar refractivity (Wildman–Crippen MR) is 78.1 cm³/mol. The zero-order valence-electron chi connectivity index (χ0n) is 12.1. The Morgan fingerprint density at radius 1 is 1.17 bits per heavy atom. The van der Waals surface area contributed by atoms with E-state index in [-0.39, 0.29) is 0 Å². The zero-order chi connectivity index (χ0) is 13.4. The first-order valence-electron chi connectivity index (χ1n) is 6.65. The maximum atomic E-state index is 4.50. The molecule has 0 aliphatic heterocycles. The van der Waals surface area contributed by atoms with Crippen LogP contribution in [0.15, 0.2) is 18.3 Å². The van der Waals surface area contributed by atoms with Gasteiger partial charge in [0.25, 0.3) is 0 Å². The van der Waals surface area contributed by atoms with Crippen molar-refractivity contribution in [2.45, 2.75) is 19.9 Å². The van der Waals surface area contributed by atoms with Crippen molar-refractivity contribution < 1.29 is 0 Å². The maximum absolute atomic E-state index is 4.50. The van der Waals surface area contributed by atoms with Crippen molar-refractivity contribution in [3.8, 4) is 0 Å². The van der Waals surface area contributed by atoms with Gasteiger partial charge < -0.3 is 15.1 Å². The minimum Gasteiger partial charge on any atom is -0.358 e. The quantitative estimate of drug-likeness (QED) is 0.710. The van der Waals surface area contributed by atoms with Crippen molar-refractivity contribution in [1.29, 1.82) is 0 Å². The van der Waals surface area contributed by atoms with Crippen LogP contribution >= 0.6 is 0 Å². The molecule has 0 spiro atoms. The molecule has 0 aliphatic carbocycles. The van der Waals surface area contributed by atoms with Crippen LogP contribution in [-0.4, -0.2) is 50.7 Å². The van der Waals surface area contributed by atoms with Crippen molar-refractivity contribution in [3.05, 3.63) is 23.9 Å². The van der Waals surface area contributed by atoms with Gasteiger partial charge in [-0.2, -0.15) is 0 Å². The van der Waals surface area contributed by atoms with Crippen LogP contribution in [0.25, 0.3) is 0 Å². The van der Waals surface area contributed by atoms with Crippen LogP contribution < -0.4 is 10.2 Å². The summed E-state index contributed by atoms with van der Waals surface area (Å²) in [7, 11) is 6.26. The molecule has 4 nitrogen and oxygen atoms in total. The smallest absolute Gasteiger partial charge is 0.128 e. The first-order valence-corrected chi connectivity index (χ1v) is 6.65. The molecule has 0 amide bonds. The number of nitrogens with one attached hydrogen (secondary N) is 1. The number of pyridine rings is 1. The van der Waals surface area contributed by atoms with E-state index >= 15 is 0 Å². The van der Waals surface area contributed by atoms with Crippen LogP contribution in [-0.2, 0) is 6.54 Å². The number of nitrogens with zero attached hydrogens (tertiary/aromatic N) is 3. The van der Waals surface area contributed by atoms with Gasteiger partial charge in [0, 0.05) is 32.9 Å². The summed E-state index contributed by atoms with van der Waals surface area (Å²) in [5.74, 6) is 1.04. The average molecular weight is 250 g/mol. The van der Waals surface area contributed by atoms with E-state index in [9.17, 15) is 0 Å².